The molecule has 0 amide bonds. The summed E-state index contributed by atoms with van der Waals surface area (Å²) in [5.74, 6) is -0.207. The standard InChI is InChI=1S/C18H18FN3/c1-11-7-13(3)18(14(4)8-11)22-10-17(20-21-22)15-5-6-16(19)12(2)9-15/h5-10H,1-4H3. The van der Waals surface area contributed by atoms with Crippen molar-refractivity contribution >= 4 is 0 Å². The van der Waals surface area contributed by atoms with E-state index in [0.717, 1.165) is 28.1 Å². The van der Waals surface area contributed by atoms with Crippen molar-refractivity contribution in [2.75, 3.05) is 0 Å². The minimum absolute atomic E-state index is 0.207. The molecule has 0 N–H and O–H groups in total. The highest BCUT2D eigenvalue weighted by Crippen LogP contribution is 2.24. The molecule has 0 radical (unpaired) electrons. The number of hydrogen-bond donors (Lipinski definition) is 0. The Bertz CT molecular complexity index is 826. The lowest BCUT2D eigenvalue weighted by molar-refractivity contribution is 0.619. The van der Waals surface area contributed by atoms with E-state index >= 15 is 0 Å². The average Bonchev–Trinajstić information content (AvgIpc) is 2.90. The molecule has 3 rings (SSSR count). The van der Waals surface area contributed by atoms with Gasteiger partial charge in [0.25, 0.3) is 0 Å². The van der Waals surface area contributed by atoms with Gasteiger partial charge in [-0.25, -0.2) is 9.07 Å². The van der Waals surface area contributed by atoms with E-state index in [2.05, 4.69) is 43.2 Å². The summed E-state index contributed by atoms with van der Waals surface area (Å²) >= 11 is 0. The van der Waals surface area contributed by atoms with Crippen molar-refractivity contribution in [3.8, 4) is 16.9 Å². The number of hydrogen-bond acceptors (Lipinski definition) is 2. The first-order chi connectivity index (χ1) is 10.5. The van der Waals surface area contributed by atoms with Gasteiger partial charge in [-0.1, -0.05) is 22.9 Å². The number of aryl methyl sites for hydroxylation is 4. The van der Waals surface area contributed by atoms with E-state index in [1.54, 1.807) is 23.7 Å². The Hall–Kier alpha value is -2.49. The zero-order valence-electron chi connectivity index (χ0n) is 13.2. The van der Waals surface area contributed by atoms with Crippen molar-refractivity contribution in [2.45, 2.75) is 27.7 Å². The van der Waals surface area contributed by atoms with Gasteiger partial charge in [-0.3, -0.25) is 0 Å². The van der Waals surface area contributed by atoms with Crippen LogP contribution in [0.15, 0.2) is 36.5 Å². The molecule has 0 saturated heterocycles. The summed E-state index contributed by atoms with van der Waals surface area (Å²) in [6.45, 7) is 7.97. The Morgan fingerprint density at radius 2 is 1.59 bits per heavy atom. The Balaban J connectivity index is 2.06. The van der Waals surface area contributed by atoms with Crippen molar-refractivity contribution in [1.29, 1.82) is 0 Å². The SMILES string of the molecule is Cc1cc(C)c(-n2cc(-c3ccc(F)c(C)c3)nn2)c(C)c1. The lowest BCUT2D eigenvalue weighted by Crippen LogP contribution is -2.01. The summed E-state index contributed by atoms with van der Waals surface area (Å²) in [6.07, 6.45) is 1.89. The zero-order valence-corrected chi connectivity index (χ0v) is 13.2. The molecule has 0 aliphatic rings. The molecule has 1 aromatic heterocycles. The molecule has 0 unspecified atom stereocenters. The van der Waals surface area contributed by atoms with E-state index < -0.39 is 0 Å². The smallest absolute Gasteiger partial charge is 0.126 e. The summed E-state index contributed by atoms with van der Waals surface area (Å²) < 4.78 is 15.2. The fourth-order valence-electron chi connectivity index (χ4n) is 2.84. The third-order valence-corrected chi connectivity index (χ3v) is 3.81. The van der Waals surface area contributed by atoms with Gasteiger partial charge in [0.1, 0.15) is 11.5 Å². The Morgan fingerprint density at radius 1 is 0.909 bits per heavy atom. The third-order valence-electron chi connectivity index (χ3n) is 3.81. The second kappa shape index (κ2) is 5.37. The molecule has 2 aromatic carbocycles. The molecule has 0 aliphatic heterocycles. The molecule has 0 saturated carbocycles. The van der Waals surface area contributed by atoms with Crippen molar-refractivity contribution in [3.05, 3.63) is 64.6 Å². The first-order valence-electron chi connectivity index (χ1n) is 7.23. The van der Waals surface area contributed by atoms with Gasteiger partial charge in [0.2, 0.25) is 0 Å². The number of halogens is 1. The van der Waals surface area contributed by atoms with Crippen LogP contribution < -0.4 is 0 Å². The fraction of sp³-hybridized carbons (Fsp3) is 0.222. The quantitative estimate of drug-likeness (QED) is 0.705. The van der Waals surface area contributed by atoms with Gasteiger partial charge >= 0.3 is 0 Å². The van der Waals surface area contributed by atoms with Crippen molar-refractivity contribution in [3.63, 3.8) is 0 Å². The molecule has 4 heteroatoms. The molecule has 3 nitrogen and oxygen atoms in total. The normalized spacial score (nSPS) is 11.0. The first kappa shape index (κ1) is 14.4. The lowest BCUT2D eigenvalue weighted by Gasteiger charge is -2.10. The van der Waals surface area contributed by atoms with E-state index in [0.29, 0.717) is 5.56 Å². The second-order valence-corrected chi connectivity index (χ2v) is 5.76. The van der Waals surface area contributed by atoms with Crippen LogP contribution in [0, 0.1) is 33.5 Å². The van der Waals surface area contributed by atoms with Crippen molar-refractivity contribution < 1.29 is 4.39 Å². The van der Waals surface area contributed by atoms with E-state index in [4.69, 9.17) is 0 Å². The fourth-order valence-corrected chi connectivity index (χ4v) is 2.84. The van der Waals surface area contributed by atoms with Crippen LogP contribution in [0.2, 0.25) is 0 Å². The van der Waals surface area contributed by atoms with E-state index in [-0.39, 0.29) is 5.82 Å². The molecule has 0 spiro atoms. The largest absolute Gasteiger partial charge is 0.220 e. The van der Waals surface area contributed by atoms with Gasteiger partial charge in [0.05, 0.1) is 11.9 Å². The van der Waals surface area contributed by atoms with Gasteiger partial charge in [0.15, 0.2) is 0 Å². The summed E-state index contributed by atoms with van der Waals surface area (Å²) in [5, 5.41) is 8.47. The molecule has 112 valence electrons. The molecule has 0 aliphatic carbocycles. The number of aromatic nitrogens is 3. The van der Waals surface area contributed by atoms with E-state index in [1.807, 2.05) is 6.20 Å². The molecule has 0 atom stereocenters. The molecule has 0 bridgehead atoms. The molecule has 3 aromatic rings. The topological polar surface area (TPSA) is 30.7 Å². The van der Waals surface area contributed by atoms with Gasteiger partial charge < -0.3 is 0 Å². The van der Waals surface area contributed by atoms with Gasteiger partial charge in [-0.2, -0.15) is 0 Å². The van der Waals surface area contributed by atoms with Crippen LogP contribution in [0.3, 0.4) is 0 Å². The number of benzene rings is 2. The maximum atomic E-state index is 13.4. The van der Waals surface area contributed by atoms with Gasteiger partial charge in [-0.15, -0.1) is 5.10 Å². The summed E-state index contributed by atoms with van der Waals surface area (Å²) in [4.78, 5) is 0. The summed E-state index contributed by atoms with van der Waals surface area (Å²) in [7, 11) is 0. The van der Waals surface area contributed by atoms with Crippen LogP contribution in [0.4, 0.5) is 4.39 Å². The molecular weight excluding hydrogens is 277 g/mol. The molecule has 0 fully saturated rings. The van der Waals surface area contributed by atoms with Crippen molar-refractivity contribution in [1.82, 2.24) is 15.0 Å². The van der Waals surface area contributed by atoms with Crippen molar-refractivity contribution in [2.24, 2.45) is 0 Å². The van der Waals surface area contributed by atoms with Crippen LogP contribution in [0.5, 0.6) is 0 Å². The monoisotopic (exact) mass is 295 g/mol. The predicted molar refractivity (Wildman–Crippen MR) is 85.7 cm³/mol. The molecular formula is C18H18FN3. The average molecular weight is 295 g/mol. The maximum absolute atomic E-state index is 13.4. The Labute approximate surface area is 129 Å². The van der Waals surface area contributed by atoms with E-state index in [1.165, 1.54) is 11.6 Å². The predicted octanol–water partition coefficient (Wildman–Crippen LogP) is 4.31. The highest BCUT2D eigenvalue weighted by molar-refractivity contribution is 5.60. The number of rotatable bonds is 2. The summed E-state index contributed by atoms with van der Waals surface area (Å²) in [5.41, 5.74) is 6.80. The van der Waals surface area contributed by atoms with Crippen LogP contribution in [-0.4, -0.2) is 15.0 Å². The maximum Gasteiger partial charge on any atom is 0.126 e. The van der Waals surface area contributed by atoms with Gasteiger partial charge in [0, 0.05) is 5.56 Å². The highest BCUT2D eigenvalue weighted by Gasteiger charge is 2.11. The Morgan fingerprint density at radius 3 is 2.23 bits per heavy atom. The van der Waals surface area contributed by atoms with Gasteiger partial charge in [-0.05, 0) is 62.6 Å². The zero-order chi connectivity index (χ0) is 15.9. The van der Waals surface area contributed by atoms with Crippen LogP contribution in [0.1, 0.15) is 22.3 Å². The van der Waals surface area contributed by atoms with Crippen LogP contribution in [-0.2, 0) is 0 Å². The van der Waals surface area contributed by atoms with Crippen LogP contribution >= 0.6 is 0 Å². The van der Waals surface area contributed by atoms with E-state index in [9.17, 15) is 4.39 Å². The molecule has 1 heterocycles. The Kier molecular flexibility index (Phi) is 3.53. The lowest BCUT2D eigenvalue weighted by atomic mass is 10.1. The van der Waals surface area contributed by atoms with Crippen LogP contribution in [0.25, 0.3) is 16.9 Å². The molecule has 22 heavy (non-hydrogen) atoms. The third kappa shape index (κ3) is 2.52. The highest BCUT2D eigenvalue weighted by atomic mass is 19.1. The summed E-state index contributed by atoms with van der Waals surface area (Å²) in [6, 6.07) is 9.24. The second-order valence-electron chi connectivity index (χ2n) is 5.76. The number of nitrogens with zero attached hydrogens (tertiary/aromatic N) is 3. The minimum Gasteiger partial charge on any atom is -0.220 e. The minimum atomic E-state index is -0.207. The first-order valence-corrected chi connectivity index (χ1v) is 7.23.